The predicted octanol–water partition coefficient (Wildman–Crippen LogP) is 1.55. The van der Waals surface area contributed by atoms with Crippen molar-refractivity contribution >= 4 is 6.09 Å². The van der Waals surface area contributed by atoms with Gasteiger partial charge in [0.25, 0.3) is 0 Å². The zero-order chi connectivity index (χ0) is 11.4. The summed E-state index contributed by atoms with van der Waals surface area (Å²) >= 11 is 0. The number of amides is 1. The summed E-state index contributed by atoms with van der Waals surface area (Å²) in [5, 5.41) is 15.9. The van der Waals surface area contributed by atoms with Crippen LogP contribution >= 0.6 is 0 Å². The van der Waals surface area contributed by atoms with Crippen molar-refractivity contribution in [3.05, 3.63) is 35.9 Å². The molecule has 0 saturated carbocycles. The molecule has 0 aromatic heterocycles. The van der Waals surface area contributed by atoms with Crippen LogP contribution < -0.4 is 10.6 Å². The van der Waals surface area contributed by atoms with E-state index in [1.54, 1.807) is 0 Å². The average molecular weight is 219 g/mol. The number of hydrogen-bond donors (Lipinski definition) is 2. The molecule has 1 amide bonds. The van der Waals surface area contributed by atoms with Gasteiger partial charge in [-0.25, -0.2) is 10.1 Å². The number of nitrogens with one attached hydrogen (secondary N) is 1. The van der Waals surface area contributed by atoms with E-state index in [0.29, 0.717) is 0 Å². The summed E-state index contributed by atoms with van der Waals surface area (Å²) in [5.74, 6) is 0. The van der Waals surface area contributed by atoms with Gasteiger partial charge in [0.1, 0.15) is 0 Å². The Labute approximate surface area is 94.7 Å². The van der Waals surface area contributed by atoms with E-state index in [-0.39, 0.29) is 0 Å². The third kappa shape index (κ3) is 2.17. The molecule has 1 heterocycles. The normalized spacial score (nSPS) is 19.0. The Kier molecular flexibility index (Phi) is 3.10. The standard InChI is InChI=1S/C12H15N2O2/c15-11(16)14-12(6-8-13-9-7-12)10-4-2-1-3-5-10/h1-5,14H,6-9H2,(H,15,16). The van der Waals surface area contributed by atoms with Crippen LogP contribution in [0.1, 0.15) is 18.4 Å². The van der Waals surface area contributed by atoms with Gasteiger partial charge in [-0.15, -0.1) is 0 Å². The highest BCUT2D eigenvalue weighted by Crippen LogP contribution is 2.30. The molecule has 2 rings (SSSR count). The number of piperidine rings is 1. The van der Waals surface area contributed by atoms with Gasteiger partial charge >= 0.3 is 6.09 Å². The van der Waals surface area contributed by atoms with E-state index in [9.17, 15) is 4.79 Å². The summed E-state index contributed by atoms with van der Waals surface area (Å²) in [6, 6.07) is 9.76. The van der Waals surface area contributed by atoms with Crippen LogP contribution in [0.4, 0.5) is 4.79 Å². The fourth-order valence-electron chi connectivity index (χ4n) is 2.22. The fraction of sp³-hybridized carbons (Fsp3) is 0.417. The highest BCUT2D eigenvalue weighted by Gasteiger charge is 2.35. The number of carboxylic acid groups (broad SMARTS) is 1. The van der Waals surface area contributed by atoms with Gasteiger partial charge < -0.3 is 10.4 Å². The molecule has 1 aliphatic rings. The quantitative estimate of drug-likeness (QED) is 0.792. The molecular formula is C12H15N2O2. The second-order valence-corrected chi connectivity index (χ2v) is 4.05. The molecule has 16 heavy (non-hydrogen) atoms. The first-order valence-electron chi connectivity index (χ1n) is 5.43. The Morgan fingerprint density at radius 3 is 2.44 bits per heavy atom. The van der Waals surface area contributed by atoms with Gasteiger partial charge in [0.15, 0.2) is 0 Å². The van der Waals surface area contributed by atoms with Crippen molar-refractivity contribution in [1.82, 2.24) is 10.6 Å². The van der Waals surface area contributed by atoms with Crippen molar-refractivity contribution in [3.8, 4) is 0 Å². The Morgan fingerprint density at radius 2 is 1.88 bits per heavy atom. The lowest BCUT2D eigenvalue weighted by molar-refractivity contribution is 0.164. The number of benzene rings is 1. The Morgan fingerprint density at radius 1 is 1.25 bits per heavy atom. The maximum absolute atomic E-state index is 10.9. The van der Waals surface area contributed by atoms with E-state index in [2.05, 4.69) is 10.6 Å². The second kappa shape index (κ2) is 4.53. The largest absolute Gasteiger partial charge is 0.465 e. The van der Waals surface area contributed by atoms with Crippen molar-refractivity contribution in [2.45, 2.75) is 18.4 Å². The average Bonchev–Trinajstić information content (AvgIpc) is 2.30. The van der Waals surface area contributed by atoms with Gasteiger partial charge in [0.05, 0.1) is 5.54 Å². The van der Waals surface area contributed by atoms with Gasteiger partial charge in [-0.1, -0.05) is 30.3 Å². The monoisotopic (exact) mass is 219 g/mol. The van der Waals surface area contributed by atoms with Crippen molar-refractivity contribution in [1.29, 1.82) is 0 Å². The molecule has 0 aliphatic carbocycles. The van der Waals surface area contributed by atoms with Crippen molar-refractivity contribution in [2.24, 2.45) is 0 Å². The molecule has 2 N–H and O–H groups in total. The lowest BCUT2D eigenvalue weighted by Gasteiger charge is -2.37. The van der Waals surface area contributed by atoms with E-state index in [4.69, 9.17) is 5.11 Å². The van der Waals surface area contributed by atoms with Gasteiger partial charge in [-0.2, -0.15) is 0 Å². The van der Waals surface area contributed by atoms with Crippen molar-refractivity contribution in [3.63, 3.8) is 0 Å². The minimum Gasteiger partial charge on any atom is -0.465 e. The molecular weight excluding hydrogens is 204 g/mol. The maximum atomic E-state index is 10.9. The maximum Gasteiger partial charge on any atom is 0.405 e. The van der Waals surface area contributed by atoms with Crippen LogP contribution in [0.15, 0.2) is 30.3 Å². The topological polar surface area (TPSA) is 63.4 Å². The summed E-state index contributed by atoms with van der Waals surface area (Å²) in [6.45, 7) is 1.43. The molecule has 1 aromatic carbocycles. The molecule has 1 saturated heterocycles. The number of hydrogen-bond acceptors (Lipinski definition) is 1. The Hall–Kier alpha value is -1.55. The van der Waals surface area contributed by atoms with E-state index >= 15 is 0 Å². The summed E-state index contributed by atoms with van der Waals surface area (Å²) in [7, 11) is 0. The van der Waals surface area contributed by atoms with Crippen LogP contribution in [0.25, 0.3) is 0 Å². The summed E-state index contributed by atoms with van der Waals surface area (Å²) in [4.78, 5) is 10.9. The number of carbonyl (C=O) groups is 1. The van der Waals surface area contributed by atoms with Crippen molar-refractivity contribution in [2.75, 3.05) is 13.1 Å². The van der Waals surface area contributed by atoms with Gasteiger partial charge in [-0.05, 0) is 18.4 Å². The first kappa shape index (κ1) is 11.0. The summed E-state index contributed by atoms with van der Waals surface area (Å²) in [6.07, 6.45) is 0.512. The lowest BCUT2D eigenvalue weighted by atomic mass is 9.81. The highest BCUT2D eigenvalue weighted by molar-refractivity contribution is 5.66. The molecule has 85 valence electrons. The van der Waals surface area contributed by atoms with Gasteiger partial charge in [0.2, 0.25) is 0 Å². The third-order valence-electron chi connectivity index (χ3n) is 3.07. The zero-order valence-corrected chi connectivity index (χ0v) is 9.02. The first-order chi connectivity index (χ1) is 7.73. The summed E-state index contributed by atoms with van der Waals surface area (Å²) in [5.41, 5.74) is 0.585. The van der Waals surface area contributed by atoms with Crippen molar-refractivity contribution < 1.29 is 9.90 Å². The summed E-state index contributed by atoms with van der Waals surface area (Å²) < 4.78 is 0. The van der Waals surface area contributed by atoms with Crippen LogP contribution in [-0.2, 0) is 5.54 Å². The molecule has 1 radical (unpaired) electrons. The SMILES string of the molecule is O=C(O)NC1(c2ccccc2)CC[N]CC1. The molecule has 1 aliphatic heterocycles. The molecule has 0 atom stereocenters. The smallest absolute Gasteiger partial charge is 0.405 e. The van der Waals surface area contributed by atoms with Crippen LogP contribution in [0.2, 0.25) is 0 Å². The van der Waals surface area contributed by atoms with E-state index < -0.39 is 11.6 Å². The van der Waals surface area contributed by atoms with Crippen LogP contribution in [0, 0.1) is 0 Å². The van der Waals surface area contributed by atoms with Gasteiger partial charge in [0, 0.05) is 13.1 Å². The lowest BCUT2D eigenvalue weighted by Crippen LogP contribution is -2.50. The van der Waals surface area contributed by atoms with E-state index in [1.807, 2.05) is 30.3 Å². The number of rotatable bonds is 2. The van der Waals surface area contributed by atoms with Crippen LogP contribution in [0.5, 0.6) is 0 Å². The highest BCUT2D eigenvalue weighted by atomic mass is 16.4. The van der Waals surface area contributed by atoms with E-state index in [0.717, 1.165) is 31.5 Å². The predicted molar refractivity (Wildman–Crippen MR) is 60.4 cm³/mol. The number of nitrogens with zero attached hydrogens (tertiary/aromatic N) is 1. The minimum atomic E-state index is -0.967. The molecule has 0 spiro atoms. The van der Waals surface area contributed by atoms with Gasteiger partial charge in [-0.3, -0.25) is 0 Å². The Balaban J connectivity index is 2.29. The van der Waals surface area contributed by atoms with Crippen LogP contribution in [-0.4, -0.2) is 24.3 Å². The van der Waals surface area contributed by atoms with E-state index in [1.165, 1.54) is 0 Å². The minimum absolute atomic E-state index is 0.450. The molecule has 4 nitrogen and oxygen atoms in total. The molecule has 1 aromatic rings. The van der Waals surface area contributed by atoms with Crippen LogP contribution in [0.3, 0.4) is 0 Å². The molecule has 4 heteroatoms. The zero-order valence-electron chi connectivity index (χ0n) is 9.02. The first-order valence-corrected chi connectivity index (χ1v) is 5.43. The fourth-order valence-corrected chi connectivity index (χ4v) is 2.22. The second-order valence-electron chi connectivity index (χ2n) is 4.05. The molecule has 1 fully saturated rings. The third-order valence-corrected chi connectivity index (χ3v) is 3.07. The molecule has 0 bridgehead atoms. The molecule has 0 unspecified atom stereocenters. The Bertz CT molecular complexity index is 359.